The summed E-state index contributed by atoms with van der Waals surface area (Å²) < 4.78 is 57.3. The van der Waals surface area contributed by atoms with Crippen LogP contribution in [0.5, 0.6) is 0 Å². The van der Waals surface area contributed by atoms with Crippen molar-refractivity contribution >= 4 is 115 Å². The minimum atomic E-state index is -6.51. The van der Waals surface area contributed by atoms with Crippen LogP contribution in [-0.4, -0.2) is 158 Å². The standard InChI is InChI=1S/C24H20Ge3O28/c28-9-1-21(40)2-10(29)45-25(44-9,52-17(21)36)46-11(30)3-22(41)4-12(31)47-26(53-18(22)37)48-13(32)5-23(42,6-14(33)49-26)19(38)54-27-50-15(34)7-24(43,20(39)55-27)8-16(35)51-27/h40-43H,1-8H2. The molecule has 55 heavy (non-hydrogen) atoms. The molecule has 296 valence electrons. The van der Waals surface area contributed by atoms with E-state index in [9.17, 15) is 78.0 Å². The number of hydrogen-bond acceptors (Lipinski definition) is 28. The molecule has 0 radical (unpaired) electrons. The number of carbonyl (C=O) groups is 12. The van der Waals surface area contributed by atoms with E-state index in [-0.39, 0.29) is 0 Å². The molecule has 6 fully saturated rings. The fourth-order valence-electron chi connectivity index (χ4n) is 5.35. The maximum atomic E-state index is 13.2. The molecule has 0 amide bonds. The van der Waals surface area contributed by atoms with E-state index >= 15 is 0 Å². The molecule has 6 heterocycles. The molecule has 4 N–H and O–H groups in total. The summed E-state index contributed by atoms with van der Waals surface area (Å²) in [7, 11) is 0. The van der Waals surface area contributed by atoms with Gasteiger partial charge in [-0.3, -0.25) is 0 Å². The summed E-state index contributed by atoms with van der Waals surface area (Å²) in [4.78, 5) is 151. The van der Waals surface area contributed by atoms with Crippen LogP contribution in [0.1, 0.15) is 51.4 Å². The average molecular weight is 974 g/mol. The van der Waals surface area contributed by atoms with Crippen molar-refractivity contribution in [2.45, 2.75) is 73.8 Å². The second-order valence-corrected chi connectivity index (χ2v) is 23.8. The molecule has 6 aliphatic heterocycles. The molecule has 6 rings (SSSR count). The molecule has 1 spiro atoms. The summed E-state index contributed by atoms with van der Waals surface area (Å²) in [5, 5.41) is 42.7. The molecule has 28 nitrogen and oxygen atoms in total. The quantitative estimate of drug-likeness (QED) is 0.186. The van der Waals surface area contributed by atoms with Crippen molar-refractivity contribution < 1.29 is 123 Å². The van der Waals surface area contributed by atoms with E-state index in [4.69, 9.17) is 45.2 Å². The SMILES string of the molecule is O=C1CC2(O)CC(=O)[O][Ge]([O]C(=O)CC3(O)CC(=O)[O][Ge]4([O]C(=O)CC(O)(C(=O)[O][Ge]56[O]C(=O)CC(O)(CC(=O)[O]5)C(=O)[O]6)CC(=O)[O]4)[O]C3=O)([O]1)[O]C2=O. The Balaban J connectivity index is 1.17. The van der Waals surface area contributed by atoms with E-state index < -0.39 is 189 Å². The first kappa shape index (κ1) is 39.8. The van der Waals surface area contributed by atoms with Crippen molar-refractivity contribution in [1.82, 2.24) is 0 Å². The minimum absolute atomic E-state index is 1.12. The van der Waals surface area contributed by atoms with Crippen LogP contribution >= 0.6 is 0 Å². The van der Waals surface area contributed by atoms with Gasteiger partial charge in [0.05, 0.1) is 0 Å². The first-order chi connectivity index (χ1) is 25.3. The summed E-state index contributed by atoms with van der Waals surface area (Å²) in [6.45, 7) is 0. The van der Waals surface area contributed by atoms with E-state index in [0.717, 1.165) is 0 Å². The zero-order chi connectivity index (χ0) is 40.6. The summed E-state index contributed by atoms with van der Waals surface area (Å²) in [5.74, 6) is -20.6. The Kier molecular flexibility index (Phi) is 9.49. The summed E-state index contributed by atoms with van der Waals surface area (Å²) in [6, 6.07) is 0. The van der Waals surface area contributed by atoms with E-state index in [0.29, 0.717) is 0 Å². The van der Waals surface area contributed by atoms with Crippen LogP contribution in [0, 0.1) is 0 Å². The predicted molar refractivity (Wildman–Crippen MR) is 147 cm³/mol. The van der Waals surface area contributed by atoms with E-state index in [1.165, 1.54) is 0 Å². The molecule has 6 saturated heterocycles. The molecule has 1 unspecified atom stereocenters. The molecule has 0 saturated carbocycles. The third kappa shape index (κ3) is 7.68. The summed E-state index contributed by atoms with van der Waals surface area (Å²) in [6.07, 6.45) is -11.1. The normalized spacial score (nSPS) is 38.8. The van der Waals surface area contributed by atoms with Crippen molar-refractivity contribution in [2.75, 3.05) is 0 Å². The van der Waals surface area contributed by atoms with Crippen molar-refractivity contribution in [3.8, 4) is 0 Å². The molecular formula is C24H20Ge3O28. The topological polar surface area (TPSA) is 397 Å². The molecule has 0 aromatic rings. The van der Waals surface area contributed by atoms with Crippen molar-refractivity contribution in [2.24, 2.45) is 0 Å². The van der Waals surface area contributed by atoms with E-state index in [2.05, 4.69) is 0 Å². The zero-order valence-corrected chi connectivity index (χ0v) is 33.0. The first-order valence-electron chi connectivity index (χ1n) is 14.9. The van der Waals surface area contributed by atoms with Gasteiger partial charge in [-0.1, -0.05) is 0 Å². The van der Waals surface area contributed by atoms with Crippen LogP contribution in [0.2, 0.25) is 0 Å². The Bertz CT molecular complexity index is 1840. The number of carbonyl (C=O) groups excluding carboxylic acids is 12. The average Bonchev–Trinajstić information content (AvgIpc) is 3.25. The van der Waals surface area contributed by atoms with E-state index in [1.807, 2.05) is 0 Å². The molecule has 0 aromatic heterocycles. The molecule has 0 aliphatic carbocycles. The summed E-state index contributed by atoms with van der Waals surface area (Å²) >= 11 is -18.9. The van der Waals surface area contributed by atoms with Gasteiger partial charge in [0.15, 0.2) is 0 Å². The fraction of sp³-hybridized carbons (Fsp3) is 0.500. The molecule has 1 atom stereocenters. The Morgan fingerprint density at radius 3 is 1.25 bits per heavy atom. The molecular weight excluding hydrogens is 954 g/mol. The van der Waals surface area contributed by atoms with E-state index in [1.54, 1.807) is 0 Å². The Morgan fingerprint density at radius 2 is 0.836 bits per heavy atom. The number of rotatable bonds is 5. The Hall–Kier alpha value is -4.89. The van der Waals surface area contributed by atoms with Crippen molar-refractivity contribution in [3.05, 3.63) is 0 Å². The van der Waals surface area contributed by atoms with Crippen LogP contribution in [0.3, 0.4) is 0 Å². The number of fused-ring (bicyclic) bond motifs is 6. The fourth-order valence-corrected chi connectivity index (χ4v) is 16.3. The zero-order valence-electron chi connectivity index (χ0n) is 26.7. The van der Waals surface area contributed by atoms with Gasteiger partial charge < -0.3 is 0 Å². The van der Waals surface area contributed by atoms with Crippen LogP contribution in [0.4, 0.5) is 0 Å². The second-order valence-electron chi connectivity index (χ2n) is 12.4. The summed E-state index contributed by atoms with van der Waals surface area (Å²) in [5.41, 5.74) is -12.3. The van der Waals surface area contributed by atoms with Gasteiger partial charge in [0.25, 0.3) is 0 Å². The van der Waals surface area contributed by atoms with Gasteiger partial charge in [-0.05, 0) is 0 Å². The molecule has 6 aliphatic rings. The maximum absolute atomic E-state index is 13.2. The molecule has 31 heteroatoms. The number of aliphatic hydroxyl groups is 4. The van der Waals surface area contributed by atoms with Crippen molar-refractivity contribution in [1.29, 1.82) is 0 Å². The molecule has 4 bridgehead atoms. The van der Waals surface area contributed by atoms with Crippen LogP contribution in [0.15, 0.2) is 0 Å². The Morgan fingerprint density at radius 1 is 0.473 bits per heavy atom. The monoisotopic (exact) mass is 978 g/mol. The van der Waals surface area contributed by atoms with Gasteiger partial charge in [-0.15, -0.1) is 0 Å². The number of hydrogen-bond donors (Lipinski definition) is 4. The van der Waals surface area contributed by atoms with Crippen LogP contribution in [-0.2, 0) is 103 Å². The first-order valence-corrected chi connectivity index (χ1v) is 25.2. The van der Waals surface area contributed by atoms with Crippen LogP contribution in [0.25, 0.3) is 0 Å². The Labute approximate surface area is 311 Å². The third-order valence-corrected chi connectivity index (χ3v) is 19.5. The van der Waals surface area contributed by atoms with Gasteiger partial charge in [-0.25, -0.2) is 0 Å². The van der Waals surface area contributed by atoms with Gasteiger partial charge in [0, 0.05) is 0 Å². The van der Waals surface area contributed by atoms with Crippen molar-refractivity contribution in [3.63, 3.8) is 0 Å². The predicted octanol–water partition coefficient (Wildman–Crippen LogP) is -7.06. The van der Waals surface area contributed by atoms with Gasteiger partial charge in [-0.2, -0.15) is 0 Å². The third-order valence-electron chi connectivity index (χ3n) is 7.80. The second kappa shape index (κ2) is 13.1. The van der Waals surface area contributed by atoms with Gasteiger partial charge >= 0.3 is 312 Å². The van der Waals surface area contributed by atoms with Gasteiger partial charge in [0.2, 0.25) is 0 Å². The van der Waals surface area contributed by atoms with Gasteiger partial charge in [0.1, 0.15) is 0 Å². The molecule has 0 aromatic carbocycles. The van der Waals surface area contributed by atoms with Crippen LogP contribution < -0.4 is 0 Å².